The van der Waals surface area contributed by atoms with Gasteiger partial charge >= 0.3 is 0 Å². The van der Waals surface area contributed by atoms with E-state index in [1.807, 2.05) is 84.3 Å². The van der Waals surface area contributed by atoms with E-state index < -0.39 is 0 Å². The SMILES string of the molecule is C#Cc1cnc(NCCn2c(C)cc3ccccc32)nc1N[C@@H]1C[C@H](O)C1(C)C.CC1(C)[C@@H](O)C[C@H]1Nc1nc(NCCC2=CC=NC2)ncc1C#N.CC1(C)[C@@H](O)C[C@H]1Nc1nc(NCCc2nc3ccccc3o2)ncc1C#N.C[C@H]1C[C@@H](Nc2nc(NCCc3cn[nH]c3)ncc2C#N)C1(C)C.[HH].[HH].[HH].[HH]. The molecule has 4 saturated carbocycles. The van der Waals surface area contributed by atoms with E-state index in [1.165, 1.54) is 34.6 Å². The molecule has 5 aliphatic rings. The summed E-state index contributed by atoms with van der Waals surface area (Å²) in [6, 6.07) is 25.2. The number of benzene rings is 2. The summed E-state index contributed by atoms with van der Waals surface area (Å²) in [6.07, 6.45) is 23.8. The van der Waals surface area contributed by atoms with Crippen LogP contribution in [0, 0.1) is 80.8 Å². The van der Waals surface area contributed by atoms with Gasteiger partial charge in [0.15, 0.2) is 11.5 Å². The third kappa shape index (κ3) is 17.5. The maximum atomic E-state index is 9.98. The molecule has 4 aliphatic carbocycles. The first-order chi connectivity index (χ1) is 50.4. The van der Waals surface area contributed by atoms with Gasteiger partial charge in [-0.25, -0.2) is 24.9 Å². The number of H-pyrrole nitrogens is 1. The van der Waals surface area contributed by atoms with Gasteiger partial charge in [0, 0.05) is 109 Å². The summed E-state index contributed by atoms with van der Waals surface area (Å²) in [5.41, 5.74) is 7.83. The average Bonchev–Trinajstić information content (AvgIpc) is 1.69. The number of hydrogen-bond donors (Lipinski definition) is 12. The predicted molar refractivity (Wildman–Crippen MR) is 416 cm³/mol. The van der Waals surface area contributed by atoms with Gasteiger partial charge < -0.3 is 66.8 Å². The van der Waals surface area contributed by atoms with E-state index in [0.717, 1.165) is 49.0 Å². The van der Waals surface area contributed by atoms with Crippen molar-refractivity contribution in [2.75, 3.05) is 75.3 Å². The lowest BCUT2D eigenvalue weighted by atomic mass is 9.59. The number of aromatic nitrogens is 12. The molecule has 2 aromatic carbocycles. The molecule has 0 spiro atoms. The van der Waals surface area contributed by atoms with Crippen LogP contribution in [0.25, 0.3) is 22.0 Å². The highest BCUT2D eigenvalue weighted by atomic mass is 16.3. The van der Waals surface area contributed by atoms with Crippen molar-refractivity contribution < 1.29 is 25.4 Å². The van der Waals surface area contributed by atoms with Gasteiger partial charge in [0.1, 0.15) is 63.7 Å². The lowest BCUT2D eigenvalue weighted by Gasteiger charge is -2.51. The summed E-state index contributed by atoms with van der Waals surface area (Å²) >= 11 is 0. The van der Waals surface area contributed by atoms with Crippen molar-refractivity contribution in [3.63, 3.8) is 0 Å². The van der Waals surface area contributed by atoms with E-state index in [2.05, 4.69) is 189 Å². The number of anilines is 8. The van der Waals surface area contributed by atoms with Gasteiger partial charge in [0.05, 0.1) is 61.4 Å². The monoisotopic (exact) mass is 1430 g/mol. The first kappa shape index (κ1) is 74.9. The van der Waals surface area contributed by atoms with Gasteiger partial charge in [-0.1, -0.05) is 98.6 Å². The van der Waals surface area contributed by atoms with Crippen LogP contribution in [0.5, 0.6) is 0 Å². The zero-order chi connectivity index (χ0) is 74.6. The summed E-state index contributed by atoms with van der Waals surface area (Å²) in [5.74, 6) is 8.18. The van der Waals surface area contributed by atoms with Crippen LogP contribution in [0.2, 0.25) is 0 Å². The Balaban J connectivity index is 0.000000200. The predicted octanol–water partition coefficient (Wildman–Crippen LogP) is 11.4. The molecule has 9 aromatic rings. The summed E-state index contributed by atoms with van der Waals surface area (Å²) in [4.78, 5) is 43.5. The number of nitrogens with one attached hydrogen (secondary N) is 9. The summed E-state index contributed by atoms with van der Waals surface area (Å²) in [7, 11) is 0. The molecule has 1 aliphatic heterocycles. The zero-order valence-corrected chi connectivity index (χ0v) is 61.2. The maximum absolute atomic E-state index is 9.98. The number of aliphatic hydroxyl groups is 3. The average molecular weight is 1430 g/mol. The second kappa shape index (κ2) is 32.6. The largest absolute Gasteiger partial charge is 0.441 e. The van der Waals surface area contributed by atoms with Crippen molar-refractivity contribution in [1.29, 1.82) is 15.8 Å². The quantitative estimate of drug-likeness (QED) is 0.0250. The number of hydrogen-bond acceptors (Lipinski definition) is 26. The first-order valence-corrected chi connectivity index (χ1v) is 35.6. The van der Waals surface area contributed by atoms with Crippen LogP contribution >= 0.6 is 0 Å². The number of para-hydroxylation sites is 3. The van der Waals surface area contributed by atoms with Crippen LogP contribution in [0.1, 0.15) is 140 Å². The number of oxazole rings is 1. The number of aliphatic imine (C=N–C) groups is 1. The lowest BCUT2D eigenvalue weighted by molar-refractivity contribution is -0.0512. The molecule has 8 heterocycles. The Morgan fingerprint density at radius 1 is 0.581 bits per heavy atom. The lowest BCUT2D eigenvalue weighted by Crippen LogP contribution is -2.57. The van der Waals surface area contributed by atoms with Crippen LogP contribution in [0.3, 0.4) is 0 Å². The molecular weight excluding hydrogens is 1330 g/mol. The van der Waals surface area contributed by atoms with E-state index in [1.54, 1.807) is 18.6 Å². The van der Waals surface area contributed by atoms with Crippen molar-refractivity contribution in [1.82, 2.24) is 59.6 Å². The molecule has 0 saturated heterocycles. The Labute approximate surface area is 618 Å². The fourth-order valence-corrected chi connectivity index (χ4v) is 13.0. The topological polar surface area (TPSA) is 403 Å². The molecule has 0 radical (unpaired) electrons. The third-order valence-electron chi connectivity index (χ3n) is 21.6. The van der Waals surface area contributed by atoms with Gasteiger partial charge in [-0.3, -0.25) is 10.1 Å². The van der Waals surface area contributed by atoms with E-state index in [9.17, 15) is 31.1 Å². The maximum Gasteiger partial charge on any atom is 0.224 e. The first-order valence-electron chi connectivity index (χ1n) is 35.6. The van der Waals surface area contributed by atoms with Gasteiger partial charge in [-0.15, -0.1) is 6.42 Å². The molecular formula is C77H102N24O4. The Morgan fingerprint density at radius 2 is 1.05 bits per heavy atom. The van der Waals surface area contributed by atoms with Crippen LogP contribution in [-0.2, 0) is 19.4 Å². The van der Waals surface area contributed by atoms with Crippen molar-refractivity contribution >= 4 is 75.3 Å². The number of aryl methyl sites for hydroxylation is 1. The van der Waals surface area contributed by atoms with E-state index in [-0.39, 0.29) is 63.8 Å². The number of nitriles is 3. The van der Waals surface area contributed by atoms with Crippen LogP contribution in [0.15, 0.2) is 113 Å². The summed E-state index contributed by atoms with van der Waals surface area (Å²) < 4.78 is 7.99. The minimum Gasteiger partial charge on any atom is -0.441 e. The van der Waals surface area contributed by atoms with Gasteiger partial charge in [0.2, 0.25) is 23.8 Å². The van der Waals surface area contributed by atoms with Gasteiger partial charge in [-0.2, -0.15) is 40.8 Å². The van der Waals surface area contributed by atoms with E-state index >= 15 is 0 Å². The van der Waals surface area contributed by atoms with E-state index in [4.69, 9.17) is 10.8 Å². The fraction of sp³-hybridized carbons (Fsp3) is 0.455. The Hall–Kier alpha value is -11.3. The second-order valence-corrected chi connectivity index (χ2v) is 29.7. The van der Waals surface area contributed by atoms with Crippen molar-refractivity contribution in [3.05, 3.63) is 143 Å². The molecule has 28 heteroatoms. The molecule has 0 unspecified atom stereocenters. The minimum absolute atomic E-state index is 0. The number of aliphatic hydroxyl groups excluding tert-OH is 3. The zero-order valence-electron chi connectivity index (χ0n) is 61.2. The molecule has 12 N–H and O–H groups in total. The number of rotatable bonds is 24. The van der Waals surface area contributed by atoms with Crippen molar-refractivity contribution in [2.24, 2.45) is 32.6 Å². The molecule has 554 valence electrons. The fourth-order valence-electron chi connectivity index (χ4n) is 13.0. The summed E-state index contributed by atoms with van der Waals surface area (Å²) in [6.45, 7) is 25.2. The molecule has 28 nitrogen and oxygen atoms in total. The molecule has 0 amide bonds. The Bertz CT molecular complexity index is 4730. The number of allylic oxidation sites excluding steroid dienone is 1. The standard InChI is InChI=1S/C23H27N5O.C20H22N6O2.C17H23N7.C17H22N6O.4H2/c1-5-16-14-25-22(27-21(16)26-19-13-20(29)23(19,3)4)24-10-11-28-15(2)12-17-8-6-7-9-18(17)28;1-20(2)15(9-16(20)27)25-18-12(10-21)11-23-19(26-18)22-8-7-17-24-13-5-3-4-6-14(13)28-17;1-11-6-14(17(11,2)3)23-15-13(7-18)10-20-16(24-15)19-5-4-12-8-21-22-9-12;1-17(2)13(7-14(17)24)22-15-12(8-18)10-21-16(23-15)20-6-4-11-3-5-19-9-11;;;;/h1,6-9,12,14,19-20,29H,10-11,13H2,2-4H3,(H2,24,25,26,27);3-6,11,15-16,27H,7-9H2,1-2H3,(H2,22,23,25,26);8-11,14H,4-6H2,1-3H3,(H,21,22)(H2,19,20,23,24);3,5,10,13-14,24H,4,6-7,9H2,1-2H3,(H2,20,21,22,23);4*1H/t19-,20+;15-,16+;11-,14+;13-,14+;;;;/m1101..../s1. The van der Waals surface area contributed by atoms with Crippen molar-refractivity contribution in [3.8, 4) is 30.6 Å². The number of fused-ring (bicyclic) bond motifs is 2. The highest BCUT2D eigenvalue weighted by Gasteiger charge is 2.50. The van der Waals surface area contributed by atoms with Crippen molar-refractivity contribution in [2.45, 2.75) is 163 Å². The molecule has 8 atom stereocenters. The third-order valence-corrected chi connectivity index (χ3v) is 21.6. The smallest absolute Gasteiger partial charge is 0.224 e. The second-order valence-electron chi connectivity index (χ2n) is 29.7. The normalized spacial score (nSPS) is 21.4. The number of aromatic amines is 1. The van der Waals surface area contributed by atoms with Crippen LogP contribution in [0.4, 0.5) is 47.1 Å². The molecule has 0 bridgehead atoms. The molecule has 14 rings (SSSR count). The Morgan fingerprint density at radius 3 is 1.50 bits per heavy atom. The summed E-state index contributed by atoms with van der Waals surface area (Å²) in [5, 5.41) is 91.8. The minimum atomic E-state index is -0.355. The van der Waals surface area contributed by atoms with Crippen LogP contribution in [-0.4, -0.2) is 156 Å². The van der Waals surface area contributed by atoms with E-state index in [0.29, 0.717) is 139 Å². The number of nitrogens with zero attached hydrogens (tertiary/aromatic N) is 15. The van der Waals surface area contributed by atoms with Gasteiger partial charge in [-0.05, 0) is 104 Å². The highest BCUT2D eigenvalue weighted by molar-refractivity contribution is 5.81. The van der Waals surface area contributed by atoms with Crippen LogP contribution < -0.4 is 42.5 Å². The number of terminal acetylenes is 1. The van der Waals surface area contributed by atoms with Gasteiger partial charge in [0.25, 0.3) is 0 Å². The molecule has 105 heavy (non-hydrogen) atoms. The highest BCUT2D eigenvalue weighted by Crippen LogP contribution is 2.48. The molecule has 7 aromatic heterocycles. The molecule has 4 fully saturated rings. The Kier molecular flexibility index (Phi) is 23.2.